The van der Waals surface area contributed by atoms with Crippen molar-refractivity contribution in [2.45, 2.75) is 12.5 Å². The third-order valence-corrected chi connectivity index (χ3v) is 5.07. The number of fused-ring (bicyclic) bond motifs is 2. The summed E-state index contributed by atoms with van der Waals surface area (Å²) in [5.41, 5.74) is 2.21. The fourth-order valence-electron chi connectivity index (χ4n) is 3.63. The molecule has 0 fully saturated rings. The number of para-hydroxylation sites is 3. The number of aromatic nitrogens is 2. The summed E-state index contributed by atoms with van der Waals surface area (Å²) in [6.45, 7) is -0.136. The van der Waals surface area contributed by atoms with E-state index in [0.29, 0.717) is 28.6 Å². The molecule has 0 bridgehead atoms. The Kier molecular flexibility index (Phi) is 4.84. The van der Waals surface area contributed by atoms with Crippen LogP contribution in [-0.2, 0) is 16.1 Å². The fraction of sp³-hybridized carbons (Fsp3) is 0.125. The second kappa shape index (κ2) is 7.95. The molecule has 31 heavy (non-hydrogen) atoms. The van der Waals surface area contributed by atoms with Crippen LogP contribution in [0.3, 0.4) is 0 Å². The van der Waals surface area contributed by atoms with E-state index in [4.69, 9.17) is 18.7 Å². The molecular weight excluding hydrogens is 396 g/mol. The van der Waals surface area contributed by atoms with Gasteiger partial charge in [-0.2, -0.15) is 4.98 Å². The zero-order chi connectivity index (χ0) is 21.2. The molecule has 0 saturated heterocycles. The highest BCUT2D eigenvalue weighted by Gasteiger charge is 2.33. The monoisotopic (exact) mass is 414 g/mol. The topological polar surface area (TPSA) is 83.7 Å². The van der Waals surface area contributed by atoms with Crippen LogP contribution in [0, 0.1) is 0 Å². The number of esters is 1. The van der Waals surface area contributed by atoms with Crippen molar-refractivity contribution >= 4 is 5.97 Å². The summed E-state index contributed by atoms with van der Waals surface area (Å²) in [5, 5.41) is 3.98. The molecule has 7 heteroatoms. The Morgan fingerprint density at radius 1 is 0.935 bits per heavy atom. The number of carbonyl (C=O) groups excluding carboxylic acids is 1. The van der Waals surface area contributed by atoms with Gasteiger partial charge >= 0.3 is 5.97 Å². The van der Waals surface area contributed by atoms with E-state index in [0.717, 1.165) is 11.1 Å². The highest BCUT2D eigenvalue weighted by molar-refractivity contribution is 5.85. The first-order valence-corrected chi connectivity index (χ1v) is 9.73. The number of benzene rings is 3. The van der Waals surface area contributed by atoms with Crippen molar-refractivity contribution in [1.82, 2.24) is 10.1 Å². The van der Waals surface area contributed by atoms with Gasteiger partial charge in [-0.05, 0) is 24.3 Å². The molecule has 0 amide bonds. The Balaban J connectivity index is 1.37. The third-order valence-electron chi connectivity index (χ3n) is 5.07. The van der Waals surface area contributed by atoms with Gasteiger partial charge in [0.25, 0.3) is 5.89 Å². The van der Waals surface area contributed by atoms with Crippen molar-refractivity contribution in [3.05, 3.63) is 89.8 Å². The molecule has 5 rings (SSSR count). The van der Waals surface area contributed by atoms with Crippen LogP contribution in [0.2, 0.25) is 0 Å². The van der Waals surface area contributed by atoms with Crippen molar-refractivity contribution in [3.8, 4) is 28.6 Å². The minimum Gasteiger partial charge on any atom is -0.496 e. The molecule has 0 saturated carbocycles. The molecule has 0 atom stereocenters. The highest BCUT2D eigenvalue weighted by atomic mass is 16.6. The first-order chi connectivity index (χ1) is 15.2. The van der Waals surface area contributed by atoms with Gasteiger partial charge in [0.2, 0.25) is 5.82 Å². The maximum atomic E-state index is 13.1. The summed E-state index contributed by atoms with van der Waals surface area (Å²) in [7, 11) is 1.57. The largest absolute Gasteiger partial charge is 0.496 e. The molecule has 1 aliphatic heterocycles. The molecule has 0 N–H and O–H groups in total. The average Bonchev–Trinajstić information content (AvgIpc) is 3.30. The SMILES string of the molecule is COc1ccccc1-c1noc(COC(=O)C2c3ccccc3Oc3ccccc32)n1. The Labute approximate surface area is 178 Å². The van der Waals surface area contributed by atoms with E-state index in [-0.39, 0.29) is 12.5 Å². The van der Waals surface area contributed by atoms with Gasteiger partial charge in [0, 0.05) is 11.1 Å². The van der Waals surface area contributed by atoms with Gasteiger partial charge in [0.15, 0.2) is 6.61 Å². The van der Waals surface area contributed by atoms with E-state index >= 15 is 0 Å². The zero-order valence-corrected chi connectivity index (χ0v) is 16.6. The summed E-state index contributed by atoms with van der Waals surface area (Å²) in [6.07, 6.45) is 0. The van der Waals surface area contributed by atoms with Crippen molar-refractivity contribution < 1.29 is 23.5 Å². The molecule has 3 aromatic carbocycles. The lowest BCUT2D eigenvalue weighted by Gasteiger charge is -2.26. The van der Waals surface area contributed by atoms with Crippen LogP contribution in [0.5, 0.6) is 17.2 Å². The molecule has 4 aromatic rings. The van der Waals surface area contributed by atoms with Crippen molar-refractivity contribution in [2.24, 2.45) is 0 Å². The van der Waals surface area contributed by atoms with Gasteiger partial charge in [0.05, 0.1) is 12.7 Å². The Bertz CT molecular complexity index is 1200. The maximum Gasteiger partial charge on any atom is 0.318 e. The third kappa shape index (κ3) is 3.50. The normalized spacial score (nSPS) is 12.4. The predicted octanol–water partition coefficient (Wildman–Crippen LogP) is 4.73. The minimum atomic E-state index is -0.599. The maximum absolute atomic E-state index is 13.1. The number of hydrogen-bond acceptors (Lipinski definition) is 7. The van der Waals surface area contributed by atoms with Gasteiger partial charge in [-0.3, -0.25) is 4.79 Å². The first-order valence-electron chi connectivity index (χ1n) is 9.73. The van der Waals surface area contributed by atoms with E-state index in [1.807, 2.05) is 72.8 Å². The molecule has 0 aliphatic carbocycles. The Morgan fingerprint density at radius 2 is 1.58 bits per heavy atom. The predicted molar refractivity (Wildman–Crippen MR) is 111 cm³/mol. The van der Waals surface area contributed by atoms with Crippen LogP contribution in [-0.4, -0.2) is 23.2 Å². The molecule has 0 radical (unpaired) electrons. The molecule has 0 spiro atoms. The van der Waals surface area contributed by atoms with Gasteiger partial charge in [-0.25, -0.2) is 0 Å². The van der Waals surface area contributed by atoms with Crippen LogP contribution in [0.1, 0.15) is 22.9 Å². The van der Waals surface area contributed by atoms with Gasteiger partial charge in [-0.15, -0.1) is 0 Å². The lowest BCUT2D eigenvalue weighted by atomic mass is 9.88. The minimum absolute atomic E-state index is 0.136. The molecule has 2 heterocycles. The molecule has 1 aliphatic rings. The smallest absolute Gasteiger partial charge is 0.318 e. The van der Waals surface area contributed by atoms with Crippen molar-refractivity contribution in [1.29, 1.82) is 0 Å². The lowest BCUT2D eigenvalue weighted by molar-refractivity contribution is -0.146. The van der Waals surface area contributed by atoms with Crippen LogP contribution in [0.15, 0.2) is 77.3 Å². The number of nitrogens with zero attached hydrogens (tertiary/aromatic N) is 2. The summed E-state index contributed by atoms with van der Waals surface area (Å²) < 4.78 is 22.1. The lowest BCUT2D eigenvalue weighted by Crippen LogP contribution is -2.21. The molecular formula is C24H18N2O5. The highest BCUT2D eigenvalue weighted by Crippen LogP contribution is 2.44. The molecule has 1 aromatic heterocycles. The second-order valence-electron chi connectivity index (χ2n) is 6.93. The fourth-order valence-corrected chi connectivity index (χ4v) is 3.63. The summed E-state index contributed by atoms with van der Waals surface area (Å²) >= 11 is 0. The quantitative estimate of drug-likeness (QED) is 0.437. The molecule has 7 nitrogen and oxygen atoms in total. The number of methoxy groups -OCH3 is 1. The van der Waals surface area contributed by atoms with E-state index in [2.05, 4.69) is 10.1 Å². The Hall–Kier alpha value is -4.13. The summed E-state index contributed by atoms with van der Waals surface area (Å²) in [4.78, 5) is 17.4. The van der Waals surface area contributed by atoms with E-state index < -0.39 is 11.9 Å². The number of hydrogen-bond donors (Lipinski definition) is 0. The van der Waals surface area contributed by atoms with E-state index in [1.165, 1.54) is 0 Å². The van der Waals surface area contributed by atoms with Crippen LogP contribution in [0.4, 0.5) is 0 Å². The average molecular weight is 414 g/mol. The first kappa shape index (κ1) is 18.9. The van der Waals surface area contributed by atoms with Gasteiger partial charge in [-0.1, -0.05) is 53.7 Å². The number of ether oxygens (including phenoxy) is 3. The van der Waals surface area contributed by atoms with Gasteiger partial charge < -0.3 is 18.7 Å². The van der Waals surface area contributed by atoms with Crippen molar-refractivity contribution in [3.63, 3.8) is 0 Å². The second-order valence-corrected chi connectivity index (χ2v) is 6.93. The number of rotatable bonds is 5. The molecule has 154 valence electrons. The summed E-state index contributed by atoms with van der Waals surface area (Å²) in [5.74, 6) is 1.45. The van der Waals surface area contributed by atoms with Crippen molar-refractivity contribution in [2.75, 3.05) is 7.11 Å². The van der Waals surface area contributed by atoms with E-state index in [1.54, 1.807) is 7.11 Å². The summed E-state index contributed by atoms with van der Waals surface area (Å²) in [6, 6.07) is 22.2. The molecule has 0 unspecified atom stereocenters. The number of carbonyl (C=O) groups is 1. The van der Waals surface area contributed by atoms with Crippen LogP contribution in [0.25, 0.3) is 11.4 Å². The van der Waals surface area contributed by atoms with Gasteiger partial charge in [0.1, 0.15) is 23.2 Å². The standard InChI is InChI=1S/C24H18N2O5/c1-28-18-11-5-4-10-17(18)23-25-21(31-26-23)14-29-24(27)22-15-8-2-6-12-19(15)30-20-13-7-3-9-16(20)22/h2-13,22H,14H2,1H3. The zero-order valence-electron chi connectivity index (χ0n) is 16.6. The van der Waals surface area contributed by atoms with Crippen LogP contribution < -0.4 is 9.47 Å². The Morgan fingerprint density at radius 3 is 2.29 bits per heavy atom. The van der Waals surface area contributed by atoms with E-state index in [9.17, 15) is 4.79 Å². The van der Waals surface area contributed by atoms with Crippen LogP contribution >= 0.6 is 0 Å².